The minimum atomic E-state index is 0.166. The Labute approximate surface area is 109 Å². The second kappa shape index (κ2) is 5.31. The molecule has 2 aliphatic rings. The van der Waals surface area contributed by atoms with Gasteiger partial charge in [0, 0.05) is 30.8 Å². The van der Waals surface area contributed by atoms with Crippen LogP contribution < -0.4 is 10.9 Å². The van der Waals surface area contributed by atoms with Gasteiger partial charge in [0.05, 0.1) is 0 Å². The molecule has 2 bridgehead atoms. The van der Waals surface area contributed by atoms with Crippen LogP contribution in [0.1, 0.15) is 18.0 Å². The number of hydrogen-bond donors (Lipinski definition) is 1. The van der Waals surface area contributed by atoms with Gasteiger partial charge >= 0.3 is 0 Å². The average Bonchev–Trinajstić information content (AvgIpc) is 2.34. The predicted molar refractivity (Wildman–Crippen MR) is 74.4 cm³/mol. The number of hydrogen-bond acceptors (Lipinski definition) is 2. The van der Waals surface area contributed by atoms with Crippen molar-refractivity contribution >= 4 is 22.6 Å². The van der Waals surface area contributed by atoms with Gasteiger partial charge in [-0.1, -0.05) is 28.7 Å². The van der Waals surface area contributed by atoms with Gasteiger partial charge in [0.25, 0.3) is 5.56 Å². The van der Waals surface area contributed by atoms with E-state index in [-0.39, 0.29) is 5.56 Å². The molecule has 88 valence electrons. The van der Waals surface area contributed by atoms with Crippen molar-refractivity contribution in [1.82, 2.24) is 9.88 Å². The lowest BCUT2D eigenvalue weighted by Gasteiger charge is -2.37. The summed E-state index contributed by atoms with van der Waals surface area (Å²) in [7, 11) is 0. The maximum atomic E-state index is 11.6. The predicted octanol–water partition coefficient (Wildman–Crippen LogP) is 1.61. The molecule has 0 aromatic carbocycles. The molecule has 1 saturated heterocycles. The quantitative estimate of drug-likeness (QED) is 0.579. The monoisotopic (exact) mass is 332 g/mol. The van der Waals surface area contributed by atoms with Crippen molar-refractivity contribution in [3.63, 3.8) is 0 Å². The van der Waals surface area contributed by atoms with Crippen LogP contribution in [0.15, 0.2) is 23.0 Å². The van der Waals surface area contributed by atoms with E-state index in [4.69, 9.17) is 0 Å². The van der Waals surface area contributed by atoms with Crippen LogP contribution in [0.3, 0.4) is 0 Å². The number of piperidine rings is 1. The molecule has 3 heterocycles. The lowest BCUT2D eigenvalue weighted by molar-refractivity contribution is 0.257. The number of nitrogens with zero attached hydrogens (tertiary/aromatic N) is 1. The first-order valence-electron chi connectivity index (χ1n) is 5.63. The standard InChI is InChI=1S/C11H14N2O.CH3I/c14-11-3-1-2-10-9-4-8(5-12-6-9)7-13(10)11;1-2/h1-3,8-9,12H,4-7H2;1H3/t8-,9+;/m1./s1. The molecule has 0 spiro atoms. The maximum Gasteiger partial charge on any atom is 0.250 e. The van der Waals surface area contributed by atoms with Crippen LogP contribution in [-0.4, -0.2) is 22.6 Å². The number of rotatable bonds is 0. The smallest absolute Gasteiger partial charge is 0.250 e. The van der Waals surface area contributed by atoms with Crippen LogP contribution in [0.2, 0.25) is 0 Å². The summed E-state index contributed by atoms with van der Waals surface area (Å²) in [4.78, 5) is 13.6. The van der Waals surface area contributed by atoms with Crippen molar-refractivity contribution in [1.29, 1.82) is 0 Å². The molecule has 2 atom stereocenters. The molecule has 0 radical (unpaired) electrons. The SMILES string of the molecule is CI.O=c1cccc2n1C[C@H]1CNC[C@@H]2C1. The summed E-state index contributed by atoms with van der Waals surface area (Å²) in [6.45, 7) is 3.00. The Morgan fingerprint density at radius 2 is 2.19 bits per heavy atom. The molecular weight excluding hydrogens is 315 g/mol. The second-order valence-electron chi connectivity index (χ2n) is 4.36. The average molecular weight is 332 g/mol. The minimum Gasteiger partial charge on any atom is -0.316 e. The first kappa shape index (κ1) is 12.1. The third-order valence-corrected chi connectivity index (χ3v) is 3.38. The van der Waals surface area contributed by atoms with Crippen molar-refractivity contribution in [2.75, 3.05) is 18.0 Å². The highest BCUT2D eigenvalue weighted by Crippen LogP contribution is 2.31. The topological polar surface area (TPSA) is 34.0 Å². The Bertz CT molecular complexity index is 416. The van der Waals surface area contributed by atoms with E-state index < -0.39 is 0 Å². The molecule has 0 aliphatic carbocycles. The number of alkyl halides is 1. The van der Waals surface area contributed by atoms with E-state index in [1.807, 2.05) is 15.6 Å². The van der Waals surface area contributed by atoms with Crippen molar-refractivity contribution < 1.29 is 0 Å². The van der Waals surface area contributed by atoms with Crippen LogP contribution in [0, 0.1) is 5.92 Å². The fourth-order valence-corrected chi connectivity index (χ4v) is 2.74. The van der Waals surface area contributed by atoms with Gasteiger partial charge in [-0.25, -0.2) is 0 Å². The highest BCUT2D eigenvalue weighted by atomic mass is 127. The lowest BCUT2D eigenvalue weighted by atomic mass is 9.84. The summed E-state index contributed by atoms with van der Waals surface area (Å²) in [5, 5.41) is 3.43. The zero-order chi connectivity index (χ0) is 11.5. The summed E-state index contributed by atoms with van der Waals surface area (Å²) in [5.41, 5.74) is 1.39. The van der Waals surface area contributed by atoms with E-state index in [1.165, 1.54) is 12.1 Å². The van der Waals surface area contributed by atoms with Gasteiger partial charge in [0.15, 0.2) is 0 Å². The second-order valence-corrected chi connectivity index (χ2v) is 4.36. The minimum absolute atomic E-state index is 0.166. The van der Waals surface area contributed by atoms with Gasteiger partial charge in [-0.2, -0.15) is 0 Å². The van der Waals surface area contributed by atoms with E-state index in [0.29, 0.717) is 11.8 Å². The maximum absolute atomic E-state index is 11.6. The molecule has 1 fully saturated rings. The molecular formula is C12H17IN2O. The summed E-state index contributed by atoms with van der Waals surface area (Å²) >= 11 is 2.15. The molecule has 1 N–H and O–H groups in total. The van der Waals surface area contributed by atoms with E-state index >= 15 is 0 Å². The molecule has 1 aromatic heterocycles. The van der Waals surface area contributed by atoms with Gasteiger partial charge in [-0.15, -0.1) is 0 Å². The third-order valence-electron chi connectivity index (χ3n) is 3.38. The van der Waals surface area contributed by atoms with Crippen LogP contribution in [0.5, 0.6) is 0 Å². The van der Waals surface area contributed by atoms with Gasteiger partial charge in [0.1, 0.15) is 0 Å². The van der Waals surface area contributed by atoms with E-state index in [2.05, 4.69) is 34.0 Å². The Balaban J connectivity index is 0.000000457. The van der Waals surface area contributed by atoms with Gasteiger partial charge in [0.2, 0.25) is 0 Å². The summed E-state index contributed by atoms with van der Waals surface area (Å²) in [5.74, 6) is 1.21. The fourth-order valence-electron chi connectivity index (χ4n) is 2.74. The van der Waals surface area contributed by atoms with Gasteiger partial charge in [-0.05, 0) is 29.9 Å². The highest BCUT2D eigenvalue weighted by Gasteiger charge is 2.30. The Morgan fingerprint density at radius 3 is 3.00 bits per heavy atom. The molecule has 0 amide bonds. The van der Waals surface area contributed by atoms with Gasteiger partial charge in [-0.3, -0.25) is 4.79 Å². The van der Waals surface area contributed by atoms with Crippen LogP contribution >= 0.6 is 22.6 Å². The van der Waals surface area contributed by atoms with Crippen molar-refractivity contribution in [2.24, 2.45) is 5.92 Å². The number of nitrogens with one attached hydrogen (secondary N) is 1. The molecule has 1 aromatic rings. The van der Waals surface area contributed by atoms with Crippen molar-refractivity contribution in [3.8, 4) is 0 Å². The number of halogens is 1. The Hall–Kier alpha value is -0.360. The largest absolute Gasteiger partial charge is 0.316 e. The van der Waals surface area contributed by atoms with Crippen molar-refractivity contribution in [2.45, 2.75) is 18.9 Å². The fraction of sp³-hybridized carbons (Fsp3) is 0.583. The van der Waals surface area contributed by atoms with E-state index in [0.717, 1.165) is 19.6 Å². The lowest BCUT2D eigenvalue weighted by Crippen LogP contribution is -2.44. The zero-order valence-corrected chi connectivity index (χ0v) is 11.6. The summed E-state index contributed by atoms with van der Waals surface area (Å²) < 4.78 is 1.96. The van der Waals surface area contributed by atoms with Gasteiger partial charge < -0.3 is 9.88 Å². The first-order valence-corrected chi connectivity index (χ1v) is 7.78. The van der Waals surface area contributed by atoms with E-state index in [1.54, 1.807) is 6.07 Å². The third kappa shape index (κ3) is 2.18. The van der Waals surface area contributed by atoms with Crippen LogP contribution in [-0.2, 0) is 6.54 Å². The van der Waals surface area contributed by atoms with Crippen molar-refractivity contribution in [3.05, 3.63) is 34.2 Å². The molecule has 2 aliphatic heterocycles. The Kier molecular flexibility index (Phi) is 4.02. The number of pyridine rings is 1. The van der Waals surface area contributed by atoms with Crippen LogP contribution in [0.25, 0.3) is 0 Å². The number of aromatic nitrogens is 1. The Morgan fingerprint density at radius 1 is 1.38 bits per heavy atom. The molecule has 3 rings (SSSR count). The molecule has 3 nitrogen and oxygen atoms in total. The zero-order valence-electron chi connectivity index (χ0n) is 9.45. The normalized spacial score (nSPS) is 26.4. The van der Waals surface area contributed by atoms with E-state index in [9.17, 15) is 4.79 Å². The molecule has 16 heavy (non-hydrogen) atoms. The summed E-state index contributed by atoms with van der Waals surface area (Å²) in [6, 6.07) is 5.64. The first-order chi connectivity index (χ1) is 7.84. The summed E-state index contributed by atoms with van der Waals surface area (Å²) in [6.07, 6.45) is 1.25. The number of fused-ring (bicyclic) bond motifs is 4. The molecule has 4 heteroatoms. The van der Waals surface area contributed by atoms with Crippen LogP contribution in [0.4, 0.5) is 0 Å². The molecule has 0 unspecified atom stereocenters. The molecule has 0 saturated carbocycles. The highest BCUT2D eigenvalue weighted by molar-refractivity contribution is 14.1.